The van der Waals surface area contributed by atoms with E-state index in [9.17, 15) is 9.59 Å². The summed E-state index contributed by atoms with van der Waals surface area (Å²) < 4.78 is -3.90. The normalized spacial score (nSPS) is 16.7. The van der Waals surface area contributed by atoms with Gasteiger partial charge in [0.2, 0.25) is 7.59 Å². The van der Waals surface area contributed by atoms with Crippen molar-refractivity contribution in [1.29, 1.82) is 0 Å². The molecule has 0 atom stereocenters. The third kappa shape index (κ3) is 5.55. The van der Waals surface area contributed by atoms with Crippen LogP contribution in [0.2, 0.25) is 0 Å². The highest BCUT2D eigenvalue weighted by atomic mass is 35.6. The monoisotopic (exact) mass is 447 g/mol. The first kappa shape index (κ1) is 19.9. The van der Waals surface area contributed by atoms with Crippen molar-refractivity contribution >= 4 is 87.2 Å². The smallest absolute Gasteiger partial charge is 0.250 e. The van der Waals surface area contributed by atoms with Crippen molar-refractivity contribution in [1.82, 2.24) is 15.0 Å². The van der Waals surface area contributed by atoms with E-state index in [4.69, 9.17) is 69.6 Å². The van der Waals surface area contributed by atoms with Crippen molar-refractivity contribution in [3.8, 4) is 0 Å². The topological polar surface area (TPSA) is 72.8 Å². The van der Waals surface area contributed by atoms with E-state index in [1.807, 2.05) is 0 Å². The Hall–Kier alpha value is -0.430. The van der Waals surface area contributed by atoms with Crippen molar-refractivity contribution in [2.75, 3.05) is 0 Å². The summed E-state index contributed by atoms with van der Waals surface area (Å²) >= 11 is 34.6. The number of rotatable bonds is 2. The first-order chi connectivity index (χ1) is 10.9. The second-order valence-corrected chi connectivity index (χ2v) is 9.31. The van der Waals surface area contributed by atoms with Gasteiger partial charge in [-0.25, -0.2) is 15.0 Å². The summed E-state index contributed by atoms with van der Waals surface area (Å²) in [6, 6.07) is 0. The van der Waals surface area contributed by atoms with Gasteiger partial charge in [-0.3, -0.25) is 9.59 Å². The van der Waals surface area contributed by atoms with Gasteiger partial charge in [-0.05, 0) is 17.7 Å². The van der Waals surface area contributed by atoms with Gasteiger partial charge in [-0.2, -0.15) is 0 Å². The van der Waals surface area contributed by atoms with Crippen LogP contribution in [0.1, 0.15) is 30.3 Å². The lowest BCUT2D eigenvalue weighted by atomic mass is 9.97. The van der Waals surface area contributed by atoms with Gasteiger partial charge in [0.1, 0.15) is 5.78 Å². The summed E-state index contributed by atoms with van der Waals surface area (Å²) in [4.78, 5) is 34.6. The highest BCUT2D eigenvalue weighted by molar-refractivity contribution is 6.67. The number of Topliss-reactive ketones (excluding diaryl/α,β-unsaturated/α-hetero) is 1. The Kier molecular flexibility index (Phi) is 6.17. The van der Waals surface area contributed by atoms with Gasteiger partial charge in [0.05, 0.1) is 6.42 Å². The Morgan fingerprint density at radius 1 is 0.833 bits per heavy atom. The van der Waals surface area contributed by atoms with Gasteiger partial charge in [0.25, 0.3) is 0 Å². The van der Waals surface area contributed by atoms with Crippen LogP contribution in [0.15, 0.2) is 17.7 Å². The summed E-state index contributed by atoms with van der Waals surface area (Å²) in [5.41, 5.74) is 0.502. The van der Waals surface area contributed by atoms with E-state index in [0.717, 1.165) is 0 Å². The number of alkyl halides is 6. The molecular weight excluding hydrogens is 443 g/mol. The molecule has 0 fully saturated rings. The molecule has 0 bridgehead atoms. The lowest BCUT2D eigenvalue weighted by molar-refractivity contribution is -0.125. The number of hydrogen-bond acceptors (Lipinski definition) is 5. The van der Waals surface area contributed by atoms with E-state index in [-0.39, 0.29) is 41.9 Å². The van der Waals surface area contributed by atoms with Crippen LogP contribution in [-0.4, -0.2) is 26.5 Å². The molecule has 0 N–H and O–H groups in total. The molecule has 0 amide bonds. The number of ketones is 2. The van der Waals surface area contributed by atoms with Gasteiger partial charge in [-0.1, -0.05) is 75.7 Å². The average molecular weight is 450 g/mol. The second kappa shape index (κ2) is 7.44. The second-order valence-electron chi connectivity index (χ2n) is 4.75. The van der Waals surface area contributed by atoms with Crippen LogP contribution in [0, 0.1) is 0 Å². The minimum Gasteiger partial charge on any atom is -0.299 e. The van der Waals surface area contributed by atoms with Gasteiger partial charge in [0.15, 0.2) is 23.3 Å². The number of carbonyl (C=O) groups is 2. The summed E-state index contributed by atoms with van der Waals surface area (Å²) in [5, 5.41) is 0. The molecule has 24 heavy (non-hydrogen) atoms. The molecule has 0 radical (unpaired) electrons. The Labute approximate surface area is 166 Å². The van der Waals surface area contributed by atoms with Crippen LogP contribution in [0.25, 0.3) is 6.08 Å². The molecule has 1 aliphatic carbocycles. The number of halogens is 6. The van der Waals surface area contributed by atoms with Crippen molar-refractivity contribution in [2.24, 2.45) is 0 Å². The fraction of sp³-hybridized carbons (Fsp3) is 0.308. The van der Waals surface area contributed by atoms with E-state index >= 15 is 0 Å². The molecule has 11 heteroatoms. The molecule has 1 heterocycles. The zero-order chi connectivity index (χ0) is 18.1. The molecule has 0 saturated carbocycles. The third-order valence-electron chi connectivity index (χ3n) is 2.73. The molecular formula is C13H7Cl6N3O2. The Balaban J connectivity index is 2.41. The minimum atomic E-state index is -1.95. The molecule has 128 valence electrons. The highest BCUT2D eigenvalue weighted by Gasteiger charge is 2.33. The maximum absolute atomic E-state index is 11.4. The molecule has 1 aliphatic rings. The summed E-state index contributed by atoms with van der Waals surface area (Å²) in [7, 11) is 0. The summed E-state index contributed by atoms with van der Waals surface area (Å²) in [5.74, 6) is -0.868. The predicted molar refractivity (Wildman–Crippen MR) is 94.7 cm³/mol. The standard InChI is InChI=1S/C13H7Cl6N3O2/c14-12(15,16)10-20-9(21-11(22-10)13(17,18)19)2-1-6-3-7(23)5-8(24)4-6/h1-3H,4-5H2. The number of carbonyl (C=O) groups excluding carboxylic acids is 2. The summed E-state index contributed by atoms with van der Waals surface area (Å²) in [6.07, 6.45) is 4.29. The van der Waals surface area contributed by atoms with Crippen LogP contribution in [0.4, 0.5) is 0 Å². The van der Waals surface area contributed by atoms with E-state index in [0.29, 0.717) is 5.57 Å². The molecule has 0 aliphatic heterocycles. The van der Waals surface area contributed by atoms with E-state index < -0.39 is 7.59 Å². The third-order valence-corrected chi connectivity index (χ3v) is 3.74. The maximum atomic E-state index is 11.4. The molecule has 2 rings (SSSR count). The first-order valence-electron chi connectivity index (χ1n) is 6.29. The lowest BCUT2D eigenvalue weighted by Gasteiger charge is -2.14. The first-order valence-corrected chi connectivity index (χ1v) is 8.55. The maximum Gasteiger partial charge on any atom is 0.250 e. The van der Waals surface area contributed by atoms with Crippen molar-refractivity contribution in [3.63, 3.8) is 0 Å². The molecule has 5 nitrogen and oxygen atoms in total. The Morgan fingerprint density at radius 2 is 1.38 bits per heavy atom. The van der Waals surface area contributed by atoms with Crippen LogP contribution < -0.4 is 0 Å². The molecule has 0 aromatic carbocycles. The lowest BCUT2D eigenvalue weighted by Crippen LogP contribution is -2.17. The molecule has 1 aromatic rings. The van der Waals surface area contributed by atoms with Crippen LogP contribution >= 0.6 is 69.6 Å². The number of aromatic nitrogens is 3. The predicted octanol–water partition coefficient (Wildman–Crippen LogP) is 4.40. The fourth-order valence-corrected chi connectivity index (χ4v) is 2.31. The zero-order valence-corrected chi connectivity index (χ0v) is 16.1. The van der Waals surface area contributed by atoms with E-state index in [1.165, 1.54) is 18.2 Å². The minimum absolute atomic E-state index is 0.0408. The largest absolute Gasteiger partial charge is 0.299 e. The van der Waals surface area contributed by atoms with Crippen LogP contribution in [0.5, 0.6) is 0 Å². The van der Waals surface area contributed by atoms with Crippen LogP contribution in [0.3, 0.4) is 0 Å². The number of hydrogen-bond donors (Lipinski definition) is 0. The number of nitrogens with zero attached hydrogens (tertiary/aromatic N) is 3. The van der Waals surface area contributed by atoms with Gasteiger partial charge >= 0.3 is 0 Å². The quantitative estimate of drug-likeness (QED) is 0.494. The van der Waals surface area contributed by atoms with E-state index in [2.05, 4.69) is 15.0 Å². The SMILES string of the molecule is O=C1C=C(C=Cc2nc(C(Cl)(Cl)Cl)nc(C(Cl)(Cl)Cl)n2)CC(=O)C1. The van der Waals surface area contributed by atoms with Crippen molar-refractivity contribution < 1.29 is 9.59 Å². The Bertz CT molecular complexity index is 717. The Morgan fingerprint density at radius 3 is 1.83 bits per heavy atom. The van der Waals surface area contributed by atoms with Crippen molar-refractivity contribution in [3.05, 3.63) is 35.2 Å². The fourth-order valence-electron chi connectivity index (χ4n) is 1.80. The van der Waals surface area contributed by atoms with Crippen molar-refractivity contribution in [2.45, 2.75) is 20.4 Å². The van der Waals surface area contributed by atoms with Gasteiger partial charge < -0.3 is 0 Å². The zero-order valence-electron chi connectivity index (χ0n) is 11.6. The molecule has 0 saturated heterocycles. The van der Waals surface area contributed by atoms with Gasteiger partial charge in [0, 0.05) is 6.42 Å². The molecule has 1 aromatic heterocycles. The van der Waals surface area contributed by atoms with Gasteiger partial charge in [-0.15, -0.1) is 0 Å². The van der Waals surface area contributed by atoms with Crippen LogP contribution in [-0.2, 0) is 17.2 Å². The average Bonchev–Trinajstić information content (AvgIpc) is 2.42. The highest BCUT2D eigenvalue weighted by Crippen LogP contribution is 2.39. The number of allylic oxidation sites excluding steroid dienone is 3. The molecule has 0 unspecified atom stereocenters. The summed E-state index contributed by atoms with van der Waals surface area (Å²) in [6.45, 7) is 0. The molecule has 0 spiro atoms. The van der Waals surface area contributed by atoms with E-state index in [1.54, 1.807) is 0 Å².